The zero-order valence-corrected chi connectivity index (χ0v) is 12.6. The van der Waals surface area contributed by atoms with Gasteiger partial charge in [-0.3, -0.25) is 4.79 Å². The van der Waals surface area contributed by atoms with Crippen molar-refractivity contribution in [1.29, 1.82) is 0 Å². The SMILES string of the molecule is O=C(Nc1cccc2[nH]ccc12)[C@H](c1ccccc1)n1cnnn1. The van der Waals surface area contributed by atoms with Gasteiger partial charge in [0.15, 0.2) is 6.04 Å². The van der Waals surface area contributed by atoms with Gasteiger partial charge in [-0.05, 0) is 34.2 Å². The summed E-state index contributed by atoms with van der Waals surface area (Å²) in [6.45, 7) is 0. The van der Waals surface area contributed by atoms with Crippen molar-refractivity contribution in [2.24, 2.45) is 0 Å². The molecular weight excluding hydrogens is 304 g/mol. The fourth-order valence-electron chi connectivity index (χ4n) is 2.74. The van der Waals surface area contributed by atoms with Crippen molar-refractivity contribution < 1.29 is 4.79 Å². The molecule has 1 amide bonds. The zero-order valence-electron chi connectivity index (χ0n) is 12.6. The normalized spacial score (nSPS) is 12.2. The van der Waals surface area contributed by atoms with Crippen molar-refractivity contribution in [2.75, 3.05) is 5.32 Å². The summed E-state index contributed by atoms with van der Waals surface area (Å²) in [6.07, 6.45) is 3.28. The highest BCUT2D eigenvalue weighted by atomic mass is 16.2. The fourth-order valence-corrected chi connectivity index (χ4v) is 2.74. The average Bonchev–Trinajstić information content (AvgIpc) is 3.28. The highest BCUT2D eigenvalue weighted by Crippen LogP contribution is 2.25. The van der Waals surface area contributed by atoms with Crippen molar-refractivity contribution in [2.45, 2.75) is 6.04 Å². The summed E-state index contributed by atoms with van der Waals surface area (Å²) in [4.78, 5) is 16.1. The molecule has 0 aliphatic carbocycles. The number of rotatable bonds is 4. The number of hydrogen-bond donors (Lipinski definition) is 2. The summed E-state index contributed by atoms with van der Waals surface area (Å²) in [6, 6.07) is 16.4. The number of aromatic nitrogens is 5. The predicted octanol–water partition coefficient (Wildman–Crippen LogP) is 2.38. The Labute approximate surface area is 137 Å². The molecule has 0 saturated carbocycles. The number of tetrazole rings is 1. The first-order valence-corrected chi connectivity index (χ1v) is 7.47. The van der Waals surface area contributed by atoms with Crippen LogP contribution in [0.4, 0.5) is 5.69 Å². The molecule has 2 heterocycles. The van der Waals surface area contributed by atoms with Crippen LogP contribution in [0.2, 0.25) is 0 Å². The van der Waals surface area contributed by atoms with Gasteiger partial charge in [0.2, 0.25) is 0 Å². The van der Waals surface area contributed by atoms with Crippen LogP contribution in [-0.4, -0.2) is 31.1 Å². The molecule has 0 fully saturated rings. The molecule has 0 bridgehead atoms. The van der Waals surface area contributed by atoms with E-state index in [2.05, 4.69) is 25.8 Å². The largest absolute Gasteiger partial charge is 0.361 e. The van der Waals surface area contributed by atoms with Crippen LogP contribution in [0.25, 0.3) is 10.9 Å². The minimum absolute atomic E-state index is 0.206. The maximum Gasteiger partial charge on any atom is 0.253 e. The molecule has 1 atom stereocenters. The Bertz CT molecular complexity index is 961. The summed E-state index contributed by atoms with van der Waals surface area (Å²) in [5, 5.41) is 15.1. The Morgan fingerprint density at radius 3 is 2.75 bits per heavy atom. The van der Waals surface area contributed by atoms with Crippen molar-refractivity contribution in [3.63, 3.8) is 0 Å². The van der Waals surface area contributed by atoms with E-state index in [1.54, 1.807) is 0 Å². The molecule has 7 heteroatoms. The molecule has 0 aliphatic rings. The maximum atomic E-state index is 12.9. The van der Waals surface area contributed by atoms with Gasteiger partial charge in [-0.1, -0.05) is 36.4 Å². The van der Waals surface area contributed by atoms with Gasteiger partial charge in [0.25, 0.3) is 5.91 Å². The standard InChI is InChI=1S/C17H14N6O/c24-17(20-15-8-4-7-14-13(15)9-10-18-14)16(23-11-19-21-22-23)12-5-2-1-3-6-12/h1-11,16,18H,(H,20,24)/t16-/m0/s1. The van der Waals surface area contributed by atoms with E-state index in [9.17, 15) is 4.79 Å². The van der Waals surface area contributed by atoms with Crippen molar-refractivity contribution in [3.05, 3.63) is 72.7 Å². The van der Waals surface area contributed by atoms with Crippen LogP contribution in [0.5, 0.6) is 0 Å². The molecule has 0 spiro atoms. The van der Waals surface area contributed by atoms with E-state index in [1.807, 2.05) is 60.8 Å². The Kier molecular flexibility index (Phi) is 3.51. The third kappa shape index (κ3) is 2.52. The molecule has 2 N–H and O–H groups in total. The lowest BCUT2D eigenvalue weighted by Gasteiger charge is -2.17. The molecule has 7 nitrogen and oxygen atoms in total. The van der Waals surface area contributed by atoms with Gasteiger partial charge in [0.05, 0.1) is 5.69 Å². The predicted molar refractivity (Wildman–Crippen MR) is 89.3 cm³/mol. The minimum Gasteiger partial charge on any atom is -0.361 e. The molecule has 0 aliphatic heterocycles. The lowest BCUT2D eigenvalue weighted by Crippen LogP contribution is -2.27. The first-order valence-electron chi connectivity index (χ1n) is 7.47. The average molecular weight is 318 g/mol. The van der Waals surface area contributed by atoms with Gasteiger partial charge in [-0.15, -0.1) is 5.10 Å². The molecule has 2 aromatic carbocycles. The molecule has 4 rings (SSSR count). The molecule has 2 aromatic heterocycles. The Hall–Kier alpha value is -3.48. The van der Waals surface area contributed by atoms with Crippen LogP contribution >= 0.6 is 0 Å². The van der Waals surface area contributed by atoms with Crippen LogP contribution in [0.15, 0.2) is 67.1 Å². The third-order valence-corrected chi connectivity index (χ3v) is 3.85. The highest BCUT2D eigenvalue weighted by Gasteiger charge is 2.24. The molecule has 118 valence electrons. The van der Waals surface area contributed by atoms with E-state index >= 15 is 0 Å². The number of benzene rings is 2. The number of carbonyl (C=O) groups is 1. The van der Waals surface area contributed by atoms with E-state index in [-0.39, 0.29) is 5.91 Å². The lowest BCUT2D eigenvalue weighted by molar-refractivity contribution is -0.118. The van der Waals surface area contributed by atoms with E-state index in [0.29, 0.717) is 0 Å². The summed E-state index contributed by atoms with van der Waals surface area (Å²) in [7, 11) is 0. The van der Waals surface area contributed by atoms with Gasteiger partial charge in [-0.25, -0.2) is 4.68 Å². The summed E-state index contributed by atoms with van der Waals surface area (Å²) in [5.74, 6) is -0.206. The second-order valence-electron chi connectivity index (χ2n) is 5.34. The van der Waals surface area contributed by atoms with E-state index in [0.717, 1.165) is 22.2 Å². The Morgan fingerprint density at radius 2 is 1.96 bits per heavy atom. The number of hydrogen-bond acceptors (Lipinski definition) is 4. The van der Waals surface area contributed by atoms with Gasteiger partial charge in [0, 0.05) is 17.1 Å². The summed E-state index contributed by atoms with van der Waals surface area (Å²) >= 11 is 0. The van der Waals surface area contributed by atoms with Crippen LogP contribution < -0.4 is 5.32 Å². The smallest absolute Gasteiger partial charge is 0.253 e. The number of anilines is 1. The summed E-state index contributed by atoms with van der Waals surface area (Å²) < 4.78 is 1.45. The zero-order chi connectivity index (χ0) is 16.4. The number of carbonyl (C=O) groups excluding carboxylic acids is 1. The molecule has 0 unspecified atom stereocenters. The number of amides is 1. The summed E-state index contributed by atoms with van der Waals surface area (Å²) in [5.41, 5.74) is 2.52. The number of aromatic amines is 1. The van der Waals surface area contributed by atoms with E-state index in [1.165, 1.54) is 11.0 Å². The number of nitrogens with zero attached hydrogens (tertiary/aromatic N) is 4. The molecule has 0 saturated heterocycles. The second-order valence-corrected chi connectivity index (χ2v) is 5.34. The molecular formula is C17H14N6O. The van der Waals surface area contributed by atoms with Crippen LogP contribution in [0.1, 0.15) is 11.6 Å². The van der Waals surface area contributed by atoms with Gasteiger partial charge < -0.3 is 10.3 Å². The Balaban J connectivity index is 1.71. The van der Waals surface area contributed by atoms with Gasteiger partial charge >= 0.3 is 0 Å². The van der Waals surface area contributed by atoms with Crippen molar-refractivity contribution in [3.8, 4) is 0 Å². The van der Waals surface area contributed by atoms with Crippen molar-refractivity contribution >= 4 is 22.5 Å². The maximum absolute atomic E-state index is 12.9. The monoisotopic (exact) mass is 318 g/mol. The number of H-pyrrole nitrogens is 1. The first-order chi connectivity index (χ1) is 11.8. The van der Waals surface area contributed by atoms with Gasteiger partial charge in [0.1, 0.15) is 6.33 Å². The number of nitrogens with one attached hydrogen (secondary N) is 2. The number of fused-ring (bicyclic) bond motifs is 1. The highest BCUT2D eigenvalue weighted by molar-refractivity contribution is 6.03. The van der Waals surface area contributed by atoms with Crippen LogP contribution in [-0.2, 0) is 4.79 Å². The van der Waals surface area contributed by atoms with Crippen molar-refractivity contribution in [1.82, 2.24) is 25.2 Å². The van der Waals surface area contributed by atoms with Crippen LogP contribution in [0, 0.1) is 0 Å². The second kappa shape index (κ2) is 5.96. The molecule has 24 heavy (non-hydrogen) atoms. The topological polar surface area (TPSA) is 88.5 Å². The van der Waals surface area contributed by atoms with Gasteiger partial charge in [-0.2, -0.15) is 0 Å². The first kappa shape index (κ1) is 14.1. The minimum atomic E-state index is -0.643. The lowest BCUT2D eigenvalue weighted by atomic mass is 10.1. The molecule has 0 radical (unpaired) electrons. The van der Waals surface area contributed by atoms with Crippen LogP contribution in [0.3, 0.4) is 0 Å². The fraction of sp³-hybridized carbons (Fsp3) is 0.0588. The third-order valence-electron chi connectivity index (χ3n) is 3.85. The quantitative estimate of drug-likeness (QED) is 0.604. The molecule has 4 aromatic rings. The Morgan fingerprint density at radius 1 is 1.08 bits per heavy atom. The van der Waals surface area contributed by atoms with E-state index in [4.69, 9.17) is 0 Å². The van der Waals surface area contributed by atoms with E-state index < -0.39 is 6.04 Å².